The molecule has 7 heteroatoms. The van der Waals surface area contributed by atoms with Gasteiger partial charge in [-0.2, -0.15) is 0 Å². The summed E-state index contributed by atoms with van der Waals surface area (Å²) in [6.45, 7) is 0.861. The average molecular weight is 223 g/mol. The van der Waals surface area contributed by atoms with Crippen molar-refractivity contribution in [1.82, 2.24) is 20.3 Å². The zero-order valence-corrected chi connectivity index (χ0v) is 8.92. The van der Waals surface area contributed by atoms with Crippen LogP contribution in [-0.2, 0) is 0 Å². The normalized spacial score (nSPS) is 14.9. The molecule has 2 heterocycles. The van der Waals surface area contributed by atoms with E-state index in [1.54, 1.807) is 10.0 Å². The van der Waals surface area contributed by atoms with Gasteiger partial charge in [-0.15, -0.1) is 0 Å². The van der Waals surface area contributed by atoms with Gasteiger partial charge in [-0.3, -0.25) is 9.80 Å². The molecule has 0 bridgehead atoms. The Bertz CT molecular complexity index is 397. The number of amides is 1. The number of carbonyl (C=O) groups excluding carboxylic acids is 1. The molecular weight excluding hydrogens is 210 g/mol. The molecule has 0 unspecified atom stereocenters. The number of aromatic nitrogens is 2. The summed E-state index contributed by atoms with van der Waals surface area (Å²) in [5.41, 5.74) is 0.443. The first kappa shape index (κ1) is 10.8. The van der Waals surface area contributed by atoms with Crippen LogP contribution < -0.4 is 10.3 Å². The van der Waals surface area contributed by atoms with E-state index in [1.165, 1.54) is 12.5 Å². The Morgan fingerprint density at radius 3 is 3.25 bits per heavy atom. The number of anilines is 1. The molecule has 0 aromatic carbocycles. The van der Waals surface area contributed by atoms with Crippen molar-refractivity contribution < 1.29 is 9.90 Å². The molecule has 0 spiro atoms. The van der Waals surface area contributed by atoms with E-state index in [4.69, 9.17) is 5.11 Å². The number of hydrogen-bond donors (Lipinski definition) is 2. The van der Waals surface area contributed by atoms with E-state index in [0.717, 1.165) is 0 Å². The predicted molar refractivity (Wildman–Crippen MR) is 56.6 cm³/mol. The van der Waals surface area contributed by atoms with Crippen LogP contribution in [0.2, 0.25) is 0 Å². The molecule has 1 aliphatic rings. The second-order valence-electron chi connectivity index (χ2n) is 3.43. The number of carbonyl (C=O) groups is 1. The first-order valence-electron chi connectivity index (χ1n) is 4.91. The van der Waals surface area contributed by atoms with Crippen LogP contribution in [-0.4, -0.2) is 52.9 Å². The molecule has 2 N–H and O–H groups in total. The Kier molecular flexibility index (Phi) is 2.97. The Hall–Kier alpha value is -1.73. The molecule has 7 nitrogen and oxygen atoms in total. The maximum atomic E-state index is 11.5. The molecule has 0 aliphatic carbocycles. The summed E-state index contributed by atoms with van der Waals surface area (Å²) < 4.78 is 0. The molecule has 0 fully saturated rings. The predicted octanol–water partition coefficient (Wildman–Crippen LogP) is -1.18. The van der Waals surface area contributed by atoms with Gasteiger partial charge in [0.2, 0.25) is 0 Å². The van der Waals surface area contributed by atoms with E-state index in [9.17, 15) is 4.79 Å². The summed E-state index contributed by atoms with van der Waals surface area (Å²) in [6.07, 6.45) is 2.88. The summed E-state index contributed by atoms with van der Waals surface area (Å²) >= 11 is 0. The highest BCUT2D eigenvalue weighted by molar-refractivity contribution is 6.00. The van der Waals surface area contributed by atoms with E-state index in [0.29, 0.717) is 24.6 Å². The molecule has 2 rings (SSSR count). The van der Waals surface area contributed by atoms with Crippen molar-refractivity contribution in [3.63, 3.8) is 0 Å². The summed E-state index contributed by atoms with van der Waals surface area (Å²) in [5, 5.41) is 15.2. The van der Waals surface area contributed by atoms with Gasteiger partial charge in [0.15, 0.2) is 5.82 Å². The monoisotopic (exact) mass is 223 g/mol. The molecular formula is C9H13N5O2. The molecule has 0 saturated carbocycles. The molecule has 1 amide bonds. The summed E-state index contributed by atoms with van der Waals surface area (Å²) in [6, 6.07) is 0. The van der Waals surface area contributed by atoms with Crippen molar-refractivity contribution in [2.45, 2.75) is 0 Å². The molecule has 16 heavy (non-hydrogen) atoms. The number of aliphatic hydroxyl groups is 1. The van der Waals surface area contributed by atoms with Gasteiger partial charge in [0.1, 0.15) is 18.6 Å². The number of hydrogen-bond acceptors (Lipinski definition) is 6. The van der Waals surface area contributed by atoms with Crippen LogP contribution in [0.1, 0.15) is 10.4 Å². The third-order valence-electron chi connectivity index (χ3n) is 2.41. The van der Waals surface area contributed by atoms with Crippen molar-refractivity contribution in [2.24, 2.45) is 0 Å². The van der Waals surface area contributed by atoms with Crippen molar-refractivity contribution >= 4 is 11.7 Å². The SMILES string of the molecule is CN(CCO)N1CNC(=O)c2cncnc21. The highest BCUT2D eigenvalue weighted by Gasteiger charge is 2.26. The highest BCUT2D eigenvalue weighted by Crippen LogP contribution is 2.19. The van der Waals surface area contributed by atoms with Gasteiger partial charge in [0.25, 0.3) is 5.91 Å². The van der Waals surface area contributed by atoms with Crippen LogP contribution in [0.3, 0.4) is 0 Å². The summed E-state index contributed by atoms with van der Waals surface area (Å²) in [4.78, 5) is 19.4. The van der Waals surface area contributed by atoms with Crippen LogP contribution in [0.25, 0.3) is 0 Å². The van der Waals surface area contributed by atoms with Crippen LogP contribution in [0.5, 0.6) is 0 Å². The van der Waals surface area contributed by atoms with Crippen molar-refractivity contribution in [2.75, 3.05) is 31.9 Å². The van der Waals surface area contributed by atoms with Gasteiger partial charge in [-0.1, -0.05) is 0 Å². The third kappa shape index (κ3) is 1.82. The lowest BCUT2D eigenvalue weighted by Gasteiger charge is -2.35. The lowest BCUT2D eigenvalue weighted by molar-refractivity contribution is 0.0930. The fraction of sp³-hybridized carbons (Fsp3) is 0.444. The quantitative estimate of drug-likeness (QED) is 0.671. The number of nitrogens with zero attached hydrogens (tertiary/aromatic N) is 4. The van der Waals surface area contributed by atoms with Crippen LogP contribution in [0.4, 0.5) is 5.82 Å². The minimum absolute atomic E-state index is 0.0430. The van der Waals surface area contributed by atoms with E-state index in [-0.39, 0.29) is 12.5 Å². The Morgan fingerprint density at radius 2 is 2.50 bits per heavy atom. The van der Waals surface area contributed by atoms with Crippen molar-refractivity contribution in [3.8, 4) is 0 Å². The molecule has 86 valence electrons. The topological polar surface area (TPSA) is 81.6 Å². The van der Waals surface area contributed by atoms with Crippen LogP contribution in [0, 0.1) is 0 Å². The Labute approximate surface area is 92.7 Å². The van der Waals surface area contributed by atoms with Crippen LogP contribution in [0.15, 0.2) is 12.5 Å². The fourth-order valence-electron chi connectivity index (χ4n) is 1.55. The van der Waals surface area contributed by atoms with Crippen molar-refractivity contribution in [3.05, 3.63) is 18.1 Å². The lowest BCUT2D eigenvalue weighted by atomic mass is 10.2. The molecule has 1 aliphatic heterocycles. The minimum Gasteiger partial charge on any atom is -0.395 e. The number of fused-ring (bicyclic) bond motifs is 1. The zero-order chi connectivity index (χ0) is 11.5. The summed E-state index contributed by atoms with van der Waals surface area (Å²) in [7, 11) is 1.82. The van der Waals surface area contributed by atoms with Gasteiger partial charge >= 0.3 is 0 Å². The maximum absolute atomic E-state index is 11.5. The zero-order valence-electron chi connectivity index (χ0n) is 8.92. The number of aliphatic hydroxyl groups excluding tert-OH is 1. The van der Waals surface area contributed by atoms with E-state index >= 15 is 0 Å². The number of hydrazine groups is 1. The molecule has 0 radical (unpaired) electrons. The minimum atomic E-state index is -0.177. The van der Waals surface area contributed by atoms with Gasteiger partial charge in [0, 0.05) is 19.8 Å². The highest BCUT2D eigenvalue weighted by atomic mass is 16.3. The smallest absolute Gasteiger partial charge is 0.258 e. The van der Waals surface area contributed by atoms with Gasteiger partial charge in [0.05, 0.1) is 6.61 Å². The summed E-state index contributed by atoms with van der Waals surface area (Å²) in [5.74, 6) is 0.388. The van der Waals surface area contributed by atoms with Gasteiger partial charge in [-0.05, 0) is 0 Å². The van der Waals surface area contributed by atoms with E-state index in [1.807, 2.05) is 7.05 Å². The van der Waals surface area contributed by atoms with Crippen LogP contribution >= 0.6 is 0 Å². The lowest BCUT2D eigenvalue weighted by Crippen LogP contribution is -2.52. The Morgan fingerprint density at radius 1 is 1.69 bits per heavy atom. The van der Waals surface area contributed by atoms with Gasteiger partial charge in [-0.25, -0.2) is 15.0 Å². The Balaban J connectivity index is 2.31. The van der Waals surface area contributed by atoms with E-state index < -0.39 is 0 Å². The van der Waals surface area contributed by atoms with E-state index in [2.05, 4.69) is 15.3 Å². The molecule has 0 saturated heterocycles. The van der Waals surface area contributed by atoms with Crippen molar-refractivity contribution in [1.29, 1.82) is 0 Å². The first-order chi connectivity index (χ1) is 7.74. The third-order valence-corrected chi connectivity index (χ3v) is 2.41. The number of nitrogens with one attached hydrogen (secondary N) is 1. The fourth-order valence-corrected chi connectivity index (χ4v) is 1.55. The first-order valence-corrected chi connectivity index (χ1v) is 4.91. The standard InChI is InChI=1S/C9H13N5O2/c1-13(2-3-15)14-6-12-9(16)7-4-10-5-11-8(7)14/h4-5,15H,2-3,6H2,1H3,(H,12,16). The second-order valence-corrected chi connectivity index (χ2v) is 3.43. The average Bonchev–Trinajstić information content (AvgIpc) is 2.30. The largest absolute Gasteiger partial charge is 0.395 e. The number of likely N-dealkylation sites (N-methyl/N-ethyl adjacent to an activating group) is 1. The molecule has 1 aromatic heterocycles. The van der Waals surface area contributed by atoms with Gasteiger partial charge < -0.3 is 10.4 Å². The second kappa shape index (κ2) is 4.42. The molecule has 0 atom stereocenters. The maximum Gasteiger partial charge on any atom is 0.258 e. The molecule has 1 aromatic rings. The number of rotatable bonds is 3.